The maximum absolute atomic E-state index is 10.3. The first-order chi connectivity index (χ1) is 8.25. The van der Waals surface area contributed by atoms with Gasteiger partial charge in [-0.3, -0.25) is 0 Å². The Morgan fingerprint density at radius 3 is 2.35 bits per heavy atom. The van der Waals surface area contributed by atoms with Gasteiger partial charge in [-0.2, -0.15) is 0 Å². The number of aliphatic hydroxyl groups excluding tert-OH is 1. The zero-order valence-corrected chi connectivity index (χ0v) is 9.89. The summed E-state index contributed by atoms with van der Waals surface area (Å²) in [5.41, 5.74) is 2.03. The van der Waals surface area contributed by atoms with E-state index in [2.05, 4.69) is 0 Å². The molecule has 0 bridgehead atoms. The van der Waals surface area contributed by atoms with Crippen molar-refractivity contribution in [1.82, 2.24) is 0 Å². The molecule has 3 rings (SSSR count). The Hall–Kier alpha value is -1.45. The summed E-state index contributed by atoms with van der Waals surface area (Å²) in [5.74, 6) is 0.253. The lowest BCUT2D eigenvalue weighted by molar-refractivity contribution is 0.177. The van der Waals surface area contributed by atoms with Crippen molar-refractivity contribution in [2.75, 3.05) is 0 Å². The summed E-state index contributed by atoms with van der Waals surface area (Å²) in [6.07, 6.45) is -0.472. The van der Waals surface area contributed by atoms with E-state index in [9.17, 15) is 10.2 Å². The van der Waals surface area contributed by atoms with Gasteiger partial charge in [0.15, 0.2) is 0 Å². The SMILES string of the molecule is Oc1ccc(C2Sc3ccccc3C2O)cc1. The van der Waals surface area contributed by atoms with Gasteiger partial charge in [-0.1, -0.05) is 30.3 Å². The Bertz CT molecular complexity index is 536. The van der Waals surface area contributed by atoms with Gasteiger partial charge in [0.05, 0.1) is 11.4 Å². The molecule has 1 aliphatic heterocycles. The molecule has 17 heavy (non-hydrogen) atoms. The van der Waals surface area contributed by atoms with Crippen LogP contribution in [0.3, 0.4) is 0 Å². The van der Waals surface area contributed by atoms with Gasteiger partial charge in [-0.05, 0) is 29.3 Å². The van der Waals surface area contributed by atoms with Gasteiger partial charge in [0.1, 0.15) is 5.75 Å². The predicted octanol–water partition coefficient (Wildman–Crippen LogP) is 3.27. The van der Waals surface area contributed by atoms with Crippen LogP contribution in [0.25, 0.3) is 0 Å². The molecule has 0 saturated heterocycles. The molecule has 2 atom stereocenters. The number of hydrogen-bond donors (Lipinski definition) is 2. The Morgan fingerprint density at radius 1 is 0.941 bits per heavy atom. The molecule has 2 aromatic rings. The summed E-state index contributed by atoms with van der Waals surface area (Å²) in [6.45, 7) is 0. The number of phenolic OH excluding ortho intramolecular Hbond substituents is 1. The molecular formula is C14H12O2S. The highest BCUT2D eigenvalue weighted by Gasteiger charge is 2.32. The zero-order chi connectivity index (χ0) is 11.8. The van der Waals surface area contributed by atoms with Crippen molar-refractivity contribution in [3.63, 3.8) is 0 Å². The predicted molar refractivity (Wildman–Crippen MR) is 68.1 cm³/mol. The van der Waals surface area contributed by atoms with Crippen molar-refractivity contribution < 1.29 is 10.2 Å². The van der Waals surface area contributed by atoms with Crippen LogP contribution in [0.2, 0.25) is 0 Å². The van der Waals surface area contributed by atoms with E-state index in [0.717, 1.165) is 16.0 Å². The van der Waals surface area contributed by atoms with Crippen LogP contribution in [0.5, 0.6) is 5.75 Å². The molecule has 0 amide bonds. The van der Waals surface area contributed by atoms with Crippen LogP contribution in [-0.4, -0.2) is 10.2 Å². The second-order valence-electron chi connectivity index (χ2n) is 4.11. The molecule has 1 heterocycles. The summed E-state index contributed by atoms with van der Waals surface area (Å²) in [6, 6.07) is 15.0. The molecule has 2 aromatic carbocycles. The topological polar surface area (TPSA) is 40.5 Å². The quantitative estimate of drug-likeness (QED) is 0.808. The standard InChI is InChI=1S/C14H12O2S/c15-10-7-5-9(6-8-10)14-13(16)11-3-1-2-4-12(11)17-14/h1-8,13-16H. The monoisotopic (exact) mass is 244 g/mol. The Morgan fingerprint density at radius 2 is 1.65 bits per heavy atom. The highest BCUT2D eigenvalue weighted by molar-refractivity contribution is 8.00. The van der Waals surface area contributed by atoms with Crippen LogP contribution in [0, 0.1) is 0 Å². The second-order valence-corrected chi connectivity index (χ2v) is 5.30. The third kappa shape index (κ3) is 1.81. The van der Waals surface area contributed by atoms with Crippen LogP contribution in [0.15, 0.2) is 53.4 Å². The first-order valence-corrected chi connectivity index (χ1v) is 6.36. The minimum absolute atomic E-state index is 0.0213. The second kappa shape index (κ2) is 4.09. The molecule has 1 aliphatic rings. The number of hydrogen-bond acceptors (Lipinski definition) is 3. The van der Waals surface area contributed by atoms with Crippen molar-refractivity contribution in [2.24, 2.45) is 0 Å². The molecular weight excluding hydrogens is 232 g/mol. The molecule has 0 aromatic heterocycles. The third-order valence-corrected chi connectivity index (χ3v) is 4.41. The number of thioether (sulfide) groups is 1. The summed E-state index contributed by atoms with van der Waals surface area (Å²) >= 11 is 1.67. The number of aromatic hydroxyl groups is 1. The first kappa shape index (κ1) is 10.7. The van der Waals surface area contributed by atoms with Crippen LogP contribution in [-0.2, 0) is 0 Å². The average Bonchev–Trinajstić information content (AvgIpc) is 2.69. The van der Waals surface area contributed by atoms with E-state index in [1.54, 1.807) is 23.9 Å². The number of aliphatic hydroxyl groups is 1. The van der Waals surface area contributed by atoms with Gasteiger partial charge in [-0.25, -0.2) is 0 Å². The number of rotatable bonds is 1. The summed E-state index contributed by atoms with van der Waals surface area (Å²) in [4.78, 5) is 1.14. The van der Waals surface area contributed by atoms with Crippen LogP contribution in [0.4, 0.5) is 0 Å². The lowest BCUT2D eigenvalue weighted by Crippen LogP contribution is -2.01. The Kier molecular flexibility index (Phi) is 2.57. The third-order valence-electron chi connectivity index (χ3n) is 3.00. The van der Waals surface area contributed by atoms with Gasteiger partial charge in [0.25, 0.3) is 0 Å². The molecule has 0 radical (unpaired) electrons. The molecule has 0 fully saturated rings. The number of fused-ring (bicyclic) bond motifs is 1. The molecule has 0 saturated carbocycles. The smallest absolute Gasteiger partial charge is 0.115 e. The number of phenols is 1. The normalized spacial score (nSPS) is 22.4. The fourth-order valence-electron chi connectivity index (χ4n) is 2.11. The van der Waals surface area contributed by atoms with Crippen LogP contribution in [0.1, 0.15) is 22.5 Å². The number of benzene rings is 2. The van der Waals surface area contributed by atoms with Gasteiger partial charge in [-0.15, -0.1) is 11.8 Å². The molecule has 2 N–H and O–H groups in total. The maximum atomic E-state index is 10.3. The molecule has 86 valence electrons. The zero-order valence-electron chi connectivity index (χ0n) is 9.08. The van der Waals surface area contributed by atoms with E-state index in [1.165, 1.54) is 0 Å². The van der Waals surface area contributed by atoms with E-state index in [0.29, 0.717) is 0 Å². The summed E-state index contributed by atoms with van der Waals surface area (Å²) in [7, 11) is 0. The van der Waals surface area contributed by atoms with Crippen LogP contribution >= 0.6 is 11.8 Å². The molecule has 0 aliphatic carbocycles. The van der Waals surface area contributed by atoms with Crippen LogP contribution < -0.4 is 0 Å². The Balaban J connectivity index is 1.96. The van der Waals surface area contributed by atoms with E-state index in [4.69, 9.17) is 0 Å². The van der Waals surface area contributed by atoms with E-state index in [1.807, 2.05) is 36.4 Å². The van der Waals surface area contributed by atoms with E-state index in [-0.39, 0.29) is 11.0 Å². The van der Waals surface area contributed by atoms with Gasteiger partial charge < -0.3 is 10.2 Å². The van der Waals surface area contributed by atoms with Crippen molar-refractivity contribution >= 4 is 11.8 Å². The van der Waals surface area contributed by atoms with Crippen molar-refractivity contribution in [3.05, 3.63) is 59.7 Å². The average molecular weight is 244 g/mol. The minimum atomic E-state index is -0.472. The largest absolute Gasteiger partial charge is 0.508 e. The van der Waals surface area contributed by atoms with Gasteiger partial charge in [0.2, 0.25) is 0 Å². The molecule has 2 unspecified atom stereocenters. The van der Waals surface area contributed by atoms with Gasteiger partial charge in [0, 0.05) is 4.90 Å². The lowest BCUT2D eigenvalue weighted by Gasteiger charge is -2.14. The summed E-state index contributed by atoms with van der Waals surface area (Å²) in [5, 5.41) is 19.6. The highest BCUT2D eigenvalue weighted by atomic mass is 32.2. The lowest BCUT2D eigenvalue weighted by atomic mass is 10.0. The fraction of sp³-hybridized carbons (Fsp3) is 0.143. The van der Waals surface area contributed by atoms with Crippen molar-refractivity contribution in [1.29, 1.82) is 0 Å². The highest BCUT2D eigenvalue weighted by Crippen LogP contribution is 2.52. The minimum Gasteiger partial charge on any atom is -0.508 e. The maximum Gasteiger partial charge on any atom is 0.115 e. The van der Waals surface area contributed by atoms with Gasteiger partial charge >= 0.3 is 0 Å². The van der Waals surface area contributed by atoms with E-state index >= 15 is 0 Å². The first-order valence-electron chi connectivity index (χ1n) is 5.48. The van der Waals surface area contributed by atoms with Crippen molar-refractivity contribution in [2.45, 2.75) is 16.2 Å². The molecule has 3 heteroatoms. The fourth-order valence-corrected chi connectivity index (χ4v) is 3.44. The van der Waals surface area contributed by atoms with E-state index < -0.39 is 6.10 Å². The molecule has 0 spiro atoms. The molecule has 2 nitrogen and oxygen atoms in total. The summed E-state index contributed by atoms with van der Waals surface area (Å²) < 4.78 is 0. The van der Waals surface area contributed by atoms with Crippen molar-refractivity contribution in [3.8, 4) is 5.75 Å². The Labute approximate surface area is 104 Å².